The summed E-state index contributed by atoms with van der Waals surface area (Å²) in [6.45, 7) is 0.953. The Bertz CT molecular complexity index is 561. The first-order valence-corrected chi connectivity index (χ1v) is 4.90. The molecule has 1 unspecified atom stereocenters. The van der Waals surface area contributed by atoms with E-state index in [1.54, 1.807) is 6.07 Å². The van der Waals surface area contributed by atoms with Gasteiger partial charge in [0.1, 0.15) is 5.52 Å². The number of nitro benzene ring substituents is 1. The van der Waals surface area contributed by atoms with Gasteiger partial charge in [-0.25, -0.2) is 4.63 Å². The lowest BCUT2D eigenvalue weighted by Crippen LogP contribution is -2.35. The van der Waals surface area contributed by atoms with E-state index >= 15 is 0 Å². The van der Waals surface area contributed by atoms with Crippen LogP contribution in [0.2, 0.25) is 0 Å². The van der Waals surface area contributed by atoms with Gasteiger partial charge in [-0.1, -0.05) is 0 Å². The van der Waals surface area contributed by atoms with Crippen LogP contribution in [0.3, 0.4) is 0 Å². The van der Waals surface area contributed by atoms with Crippen molar-refractivity contribution in [3.63, 3.8) is 0 Å². The van der Waals surface area contributed by atoms with Crippen LogP contribution in [-0.4, -0.2) is 21.8 Å². The quantitative estimate of drug-likeness (QED) is 0.602. The van der Waals surface area contributed by atoms with Gasteiger partial charge in [0.2, 0.25) is 5.52 Å². The average molecular weight is 220 g/mol. The Morgan fingerprint density at radius 2 is 2.19 bits per heavy atom. The molecule has 0 saturated carbocycles. The lowest BCUT2D eigenvalue weighted by atomic mass is 9.96. The third-order valence-electron chi connectivity index (χ3n) is 2.82. The van der Waals surface area contributed by atoms with E-state index in [1.807, 2.05) is 0 Å². The summed E-state index contributed by atoms with van der Waals surface area (Å²) < 4.78 is 4.58. The second kappa shape index (κ2) is 3.24. The maximum atomic E-state index is 10.8. The fourth-order valence-electron chi connectivity index (χ4n) is 1.86. The van der Waals surface area contributed by atoms with Gasteiger partial charge >= 0.3 is 5.69 Å². The standard InChI is InChI=1S/C9H8N4O3/c14-13(15)7-2-1-5(6-3-4-10-6)8-9(7)12-16-11-8/h1-2,6,10H,3-4H2. The smallest absolute Gasteiger partial charge is 0.300 e. The SMILES string of the molecule is O=[N+]([O-])c1ccc(C2CCN2)c2nonc12. The van der Waals surface area contributed by atoms with E-state index in [9.17, 15) is 10.1 Å². The molecule has 1 aliphatic rings. The molecule has 1 aliphatic heterocycles. The van der Waals surface area contributed by atoms with Crippen molar-refractivity contribution in [1.29, 1.82) is 0 Å². The molecule has 0 radical (unpaired) electrons. The third kappa shape index (κ3) is 1.18. The second-order valence-electron chi connectivity index (χ2n) is 3.69. The van der Waals surface area contributed by atoms with E-state index in [1.165, 1.54) is 6.07 Å². The molecule has 3 rings (SSSR count). The van der Waals surface area contributed by atoms with Gasteiger partial charge in [-0.2, -0.15) is 0 Å². The van der Waals surface area contributed by atoms with Crippen LogP contribution in [0.1, 0.15) is 18.0 Å². The molecule has 1 fully saturated rings. The Hall–Kier alpha value is -2.02. The summed E-state index contributed by atoms with van der Waals surface area (Å²) in [5.74, 6) is 0. The molecule has 1 N–H and O–H groups in total. The molecule has 2 aromatic rings. The first kappa shape index (κ1) is 9.22. The predicted octanol–water partition coefficient (Wildman–Crippen LogP) is 1.17. The minimum absolute atomic E-state index is 0.0701. The Morgan fingerprint density at radius 1 is 1.44 bits per heavy atom. The van der Waals surface area contributed by atoms with Crippen molar-refractivity contribution in [3.05, 3.63) is 27.8 Å². The summed E-state index contributed by atoms with van der Waals surface area (Å²) >= 11 is 0. The van der Waals surface area contributed by atoms with Crippen molar-refractivity contribution < 1.29 is 9.55 Å². The number of hydrogen-bond acceptors (Lipinski definition) is 6. The molecule has 7 nitrogen and oxygen atoms in total. The van der Waals surface area contributed by atoms with Crippen molar-refractivity contribution in [2.24, 2.45) is 0 Å². The average Bonchev–Trinajstić information content (AvgIpc) is 2.63. The largest absolute Gasteiger partial charge is 0.310 e. The van der Waals surface area contributed by atoms with Crippen LogP contribution in [0.4, 0.5) is 5.69 Å². The normalized spacial score (nSPS) is 19.6. The van der Waals surface area contributed by atoms with E-state index in [0.717, 1.165) is 18.5 Å². The zero-order valence-corrected chi connectivity index (χ0v) is 8.21. The topological polar surface area (TPSA) is 94.1 Å². The Balaban J connectivity index is 2.21. The molecular formula is C9H8N4O3. The van der Waals surface area contributed by atoms with Gasteiger partial charge in [0.25, 0.3) is 0 Å². The summed E-state index contributed by atoms with van der Waals surface area (Å²) in [6, 6.07) is 3.36. The molecule has 0 spiro atoms. The zero-order valence-electron chi connectivity index (χ0n) is 8.21. The van der Waals surface area contributed by atoms with E-state index in [0.29, 0.717) is 5.52 Å². The maximum absolute atomic E-state index is 10.8. The van der Waals surface area contributed by atoms with Gasteiger partial charge in [-0.15, -0.1) is 0 Å². The molecule has 1 saturated heterocycles. The lowest BCUT2D eigenvalue weighted by Gasteiger charge is -2.27. The van der Waals surface area contributed by atoms with Gasteiger partial charge in [-0.05, 0) is 29.3 Å². The second-order valence-corrected chi connectivity index (χ2v) is 3.69. The summed E-state index contributed by atoms with van der Waals surface area (Å²) in [4.78, 5) is 10.3. The molecule has 0 aliphatic carbocycles. The number of nitro groups is 1. The van der Waals surface area contributed by atoms with Gasteiger partial charge in [0, 0.05) is 17.7 Å². The van der Waals surface area contributed by atoms with Crippen LogP contribution in [0.15, 0.2) is 16.8 Å². The summed E-state index contributed by atoms with van der Waals surface area (Å²) in [5.41, 5.74) is 1.54. The maximum Gasteiger partial charge on any atom is 0.300 e. The number of nitrogens with zero attached hydrogens (tertiary/aromatic N) is 3. The first-order chi connectivity index (χ1) is 7.77. The van der Waals surface area contributed by atoms with Crippen molar-refractivity contribution in [1.82, 2.24) is 15.6 Å². The third-order valence-corrected chi connectivity index (χ3v) is 2.82. The molecule has 1 aromatic heterocycles. The number of aromatic nitrogens is 2. The van der Waals surface area contributed by atoms with Crippen molar-refractivity contribution in [2.45, 2.75) is 12.5 Å². The molecule has 0 amide bonds. The van der Waals surface area contributed by atoms with Crippen LogP contribution < -0.4 is 5.32 Å². The van der Waals surface area contributed by atoms with Crippen LogP contribution >= 0.6 is 0 Å². The molecule has 82 valence electrons. The molecule has 7 heteroatoms. The van der Waals surface area contributed by atoms with Gasteiger partial charge in [-0.3, -0.25) is 10.1 Å². The van der Waals surface area contributed by atoms with Crippen LogP contribution in [0.25, 0.3) is 11.0 Å². The molecule has 0 bridgehead atoms. The van der Waals surface area contributed by atoms with E-state index in [2.05, 4.69) is 20.3 Å². The first-order valence-electron chi connectivity index (χ1n) is 4.90. The molecule has 16 heavy (non-hydrogen) atoms. The highest BCUT2D eigenvalue weighted by molar-refractivity contribution is 5.86. The fraction of sp³-hybridized carbons (Fsp3) is 0.333. The van der Waals surface area contributed by atoms with E-state index < -0.39 is 4.92 Å². The highest BCUT2D eigenvalue weighted by Crippen LogP contribution is 2.32. The lowest BCUT2D eigenvalue weighted by molar-refractivity contribution is -0.383. The number of non-ortho nitro benzene ring substituents is 1. The van der Waals surface area contributed by atoms with Crippen LogP contribution in [0.5, 0.6) is 0 Å². The minimum atomic E-state index is -0.482. The molecule has 2 heterocycles. The van der Waals surface area contributed by atoms with E-state index in [4.69, 9.17) is 0 Å². The summed E-state index contributed by atoms with van der Waals surface area (Å²) in [6.07, 6.45) is 1.000. The van der Waals surface area contributed by atoms with Crippen molar-refractivity contribution in [3.8, 4) is 0 Å². The van der Waals surface area contributed by atoms with Gasteiger partial charge in [0.15, 0.2) is 0 Å². The van der Waals surface area contributed by atoms with E-state index in [-0.39, 0.29) is 17.2 Å². The van der Waals surface area contributed by atoms with Gasteiger partial charge < -0.3 is 5.32 Å². The highest BCUT2D eigenvalue weighted by atomic mass is 16.6. The number of hydrogen-bond donors (Lipinski definition) is 1. The van der Waals surface area contributed by atoms with Crippen LogP contribution in [-0.2, 0) is 0 Å². The Labute approximate surface area is 89.5 Å². The number of rotatable bonds is 2. The summed E-state index contributed by atoms with van der Waals surface area (Å²) in [5, 5.41) is 21.3. The van der Waals surface area contributed by atoms with Crippen molar-refractivity contribution in [2.75, 3.05) is 6.54 Å². The van der Waals surface area contributed by atoms with Gasteiger partial charge in [0.05, 0.1) is 4.92 Å². The number of nitrogens with one attached hydrogen (secondary N) is 1. The van der Waals surface area contributed by atoms with Crippen LogP contribution in [0, 0.1) is 10.1 Å². The monoisotopic (exact) mass is 220 g/mol. The minimum Gasteiger partial charge on any atom is -0.310 e. The number of fused-ring (bicyclic) bond motifs is 1. The number of benzene rings is 1. The molecule has 1 atom stereocenters. The fourth-order valence-corrected chi connectivity index (χ4v) is 1.86. The molecule has 1 aromatic carbocycles. The predicted molar refractivity (Wildman–Crippen MR) is 53.8 cm³/mol. The zero-order chi connectivity index (χ0) is 11.1. The Morgan fingerprint density at radius 3 is 2.81 bits per heavy atom. The van der Waals surface area contributed by atoms with Crippen molar-refractivity contribution >= 4 is 16.7 Å². The summed E-state index contributed by atoms with van der Waals surface area (Å²) in [7, 11) is 0. The highest BCUT2D eigenvalue weighted by Gasteiger charge is 2.26. The molecular weight excluding hydrogens is 212 g/mol. The Kier molecular flexibility index (Phi) is 1.87.